The minimum absolute atomic E-state index is 0.0477. The highest BCUT2D eigenvalue weighted by Gasteiger charge is 2.34. The zero-order valence-corrected chi connectivity index (χ0v) is 18.5. The number of nitrogens with zero attached hydrogens (tertiary/aromatic N) is 2. The molecule has 0 aromatic heterocycles. The lowest BCUT2D eigenvalue weighted by Crippen LogP contribution is -2.50. The third kappa shape index (κ3) is 3.91. The lowest BCUT2D eigenvalue weighted by atomic mass is 10.0. The number of hydrogen-bond acceptors (Lipinski definition) is 3. The summed E-state index contributed by atoms with van der Waals surface area (Å²) in [7, 11) is -3.70. The molecule has 1 aliphatic rings. The van der Waals surface area contributed by atoms with Gasteiger partial charge in [-0.05, 0) is 62.1 Å². The molecule has 2 aromatic rings. The number of carbonyl (C=O) groups excluding carboxylic acids is 1. The maximum atomic E-state index is 14.1. The van der Waals surface area contributed by atoms with Crippen LogP contribution in [0, 0.1) is 33.5 Å². The summed E-state index contributed by atoms with van der Waals surface area (Å²) < 4.78 is 42.1. The van der Waals surface area contributed by atoms with Crippen LogP contribution in [0.2, 0.25) is 5.02 Å². The molecule has 0 aliphatic carbocycles. The summed E-state index contributed by atoms with van der Waals surface area (Å²) in [5.41, 5.74) is 3.16. The molecule has 1 saturated heterocycles. The van der Waals surface area contributed by atoms with Crippen molar-refractivity contribution in [1.29, 1.82) is 0 Å². The number of benzene rings is 2. The van der Waals surface area contributed by atoms with Gasteiger partial charge in [0.15, 0.2) is 0 Å². The van der Waals surface area contributed by atoms with E-state index in [1.807, 2.05) is 33.8 Å². The number of amides is 1. The topological polar surface area (TPSA) is 57.7 Å². The molecule has 0 saturated carbocycles. The van der Waals surface area contributed by atoms with Gasteiger partial charge < -0.3 is 4.90 Å². The van der Waals surface area contributed by atoms with Crippen LogP contribution in [0.25, 0.3) is 0 Å². The Morgan fingerprint density at radius 1 is 1.00 bits per heavy atom. The Balaban J connectivity index is 1.83. The average molecular weight is 439 g/mol. The second-order valence-electron chi connectivity index (χ2n) is 7.38. The fourth-order valence-electron chi connectivity index (χ4n) is 3.69. The number of aryl methyl sites for hydroxylation is 2. The molecule has 3 rings (SSSR count). The third-order valence-corrected chi connectivity index (χ3v) is 8.09. The van der Waals surface area contributed by atoms with Crippen LogP contribution in [0.3, 0.4) is 0 Å². The van der Waals surface area contributed by atoms with Crippen molar-refractivity contribution in [2.24, 2.45) is 0 Å². The molecule has 5 nitrogen and oxygen atoms in total. The summed E-state index contributed by atoms with van der Waals surface area (Å²) in [5.74, 6) is -1.21. The molecule has 0 radical (unpaired) electrons. The Labute approximate surface area is 176 Å². The molecule has 0 spiro atoms. The number of rotatable bonds is 3. The summed E-state index contributed by atoms with van der Waals surface area (Å²) in [5, 5.41) is 0.0477. The molecular weight excluding hydrogens is 415 g/mol. The summed E-state index contributed by atoms with van der Waals surface area (Å²) >= 11 is 6.00. The van der Waals surface area contributed by atoms with Crippen LogP contribution in [-0.2, 0) is 10.0 Å². The van der Waals surface area contributed by atoms with Gasteiger partial charge in [0.2, 0.25) is 10.0 Å². The van der Waals surface area contributed by atoms with Crippen molar-refractivity contribution >= 4 is 27.5 Å². The van der Waals surface area contributed by atoms with E-state index in [0.717, 1.165) is 22.3 Å². The van der Waals surface area contributed by atoms with Crippen LogP contribution in [0.4, 0.5) is 4.39 Å². The molecule has 0 unspecified atom stereocenters. The van der Waals surface area contributed by atoms with Crippen LogP contribution < -0.4 is 0 Å². The third-order valence-electron chi connectivity index (χ3n) is 5.60. The predicted molar refractivity (Wildman–Crippen MR) is 111 cm³/mol. The fraction of sp³-hybridized carbons (Fsp3) is 0.381. The van der Waals surface area contributed by atoms with Crippen molar-refractivity contribution in [3.05, 3.63) is 62.9 Å². The summed E-state index contributed by atoms with van der Waals surface area (Å²) in [6.45, 7) is 8.06. The molecule has 1 amide bonds. The Kier molecular flexibility index (Phi) is 6.03. The number of hydrogen-bond donors (Lipinski definition) is 0. The fourth-order valence-corrected chi connectivity index (χ4v) is 5.93. The van der Waals surface area contributed by atoms with E-state index in [-0.39, 0.29) is 36.8 Å². The van der Waals surface area contributed by atoms with Crippen molar-refractivity contribution in [3.63, 3.8) is 0 Å². The highest BCUT2D eigenvalue weighted by molar-refractivity contribution is 7.89. The first-order chi connectivity index (χ1) is 13.6. The van der Waals surface area contributed by atoms with Gasteiger partial charge in [0.25, 0.3) is 5.91 Å². The molecule has 1 aliphatic heterocycles. The van der Waals surface area contributed by atoms with E-state index < -0.39 is 21.7 Å². The normalized spacial score (nSPS) is 15.6. The van der Waals surface area contributed by atoms with Gasteiger partial charge in [-0.1, -0.05) is 23.7 Å². The van der Waals surface area contributed by atoms with Gasteiger partial charge in [0, 0.05) is 26.2 Å². The lowest BCUT2D eigenvalue weighted by Gasteiger charge is -2.35. The SMILES string of the molecule is Cc1cc(C)c(C)c(S(=O)(=O)N2CCN(C(=O)c3c(F)cccc3Cl)CC2)c1C. The van der Waals surface area contributed by atoms with E-state index in [4.69, 9.17) is 11.6 Å². The van der Waals surface area contributed by atoms with Crippen molar-refractivity contribution in [2.75, 3.05) is 26.2 Å². The monoisotopic (exact) mass is 438 g/mol. The molecule has 8 heteroatoms. The van der Waals surface area contributed by atoms with E-state index in [9.17, 15) is 17.6 Å². The van der Waals surface area contributed by atoms with E-state index >= 15 is 0 Å². The first-order valence-electron chi connectivity index (χ1n) is 9.36. The van der Waals surface area contributed by atoms with Gasteiger partial charge in [-0.2, -0.15) is 4.31 Å². The van der Waals surface area contributed by atoms with Gasteiger partial charge in [0.05, 0.1) is 15.5 Å². The Bertz CT molecular complexity index is 1030. The molecule has 0 bridgehead atoms. The van der Waals surface area contributed by atoms with Crippen LogP contribution >= 0.6 is 11.6 Å². The van der Waals surface area contributed by atoms with E-state index in [2.05, 4.69) is 0 Å². The summed E-state index contributed by atoms with van der Waals surface area (Å²) in [6, 6.07) is 6.07. The molecule has 0 N–H and O–H groups in total. The Morgan fingerprint density at radius 2 is 1.55 bits per heavy atom. The van der Waals surface area contributed by atoms with Gasteiger partial charge in [-0.15, -0.1) is 0 Å². The van der Waals surface area contributed by atoms with E-state index in [1.54, 1.807) is 0 Å². The minimum Gasteiger partial charge on any atom is -0.336 e. The number of carbonyl (C=O) groups is 1. The van der Waals surface area contributed by atoms with Crippen LogP contribution in [-0.4, -0.2) is 49.7 Å². The van der Waals surface area contributed by atoms with Crippen molar-refractivity contribution < 1.29 is 17.6 Å². The van der Waals surface area contributed by atoms with Gasteiger partial charge in [0.1, 0.15) is 5.82 Å². The van der Waals surface area contributed by atoms with Gasteiger partial charge in [-0.25, -0.2) is 12.8 Å². The van der Waals surface area contributed by atoms with Gasteiger partial charge >= 0.3 is 0 Å². The maximum Gasteiger partial charge on any atom is 0.258 e. The first kappa shape index (κ1) is 21.7. The number of piperazine rings is 1. The van der Waals surface area contributed by atoms with Crippen LogP contribution in [0.15, 0.2) is 29.2 Å². The molecule has 1 heterocycles. The van der Waals surface area contributed by atoms with Crippen LogP contribution in [0.5, 0.6) is 0 Å². The minimum atomic E-state index is -3.70. The van der Waals surface area contributed by atoms with Crippen molar-refractivity contribution in [2.45, 2.75) is 32.6 Å². The zero-order chi connectivity index (χ0) is 21.5. The van der Waals surface area contributed by atoms with Crippen LogP contribution in [0.1, 0.15) is 32.6 Å². The maximum absolute atomic E-state index is 14.1. The second kappa shape index (κ2) is 8.05. The average Bonchev–Trinajstić information content (AvgIpc) is 2.66. The van der Waals surface area contributed by atoms with E-state index in [1.165, 1.54) is 27.4 Å². The van der Waals surface area contributed by atoms with E-state index in [0.29, 0.717) is 4.90 Å². The standard InChI is InChI=1S/C21H24ClFN2O3S/c1-13-12-14(2)16(4)20(15(13)3)29(27,28)25-10-8-24(9-11-25)21(26)19-17(22)6-5-7-18(19)23/h5-7,12H,8-11H2,1-4H3. The van der Waals surface area contributed by atoms with Crippen molar-refractivity contribution in [1.82, 2.24) is 9.21 Å². The Morgan fingerprint density at radius 3 is 2.07 bits per heavy atom. The number of halogens is 2. The molecule has 0 atom stereocenters. The quantitative estimate of drug-likeness (QED) is 0.731. The smallest absolute Gasteiger partial charge is 0.258 e. The second-order valence-corrected chi connectivity index (χ2v) is 9.66. The molecule has 1 fully saturated rings. The zero-order valence-electron chi connectivity index (χ0n) is 16.9. The van der Waals surface area contributed by atoms with Gasteiger partial charge in [-0.3, -0.25) is 4.79 Å². The summed E-state index contributed by atoms with van der Waals surface area (Å²) in [4.78, 5) is 14.5. The molecule has 2 aromatic carbocycles. The first-order valence-corrected chi connectivity index (χ1v) is 11.2. The number of sulfonamides is 1. The largest absolute Gasteiger partial charge is 0.336 e. The summed E-state index contributed by atoms with van der Waals surface area (Å²) in [6.07, 6.45) is 0. The Hall–Kier alpha value is -1.96. The molecule has 29 heavy (non-hydrogen) atoms. The molecular formula is C21H24ClFN2O3S. The lowest BCUT2D eigenvalue weighted by molar-refractivity contribution is 0.0693. The predicted octanol–water partition coefficient (Wildman–Crippen LogP) is 3.86. The highest BCUT2D eigenvalue weighted by atomic mass is 35.5. The highest BCUT2D eigenvalue weighted by Crippen LogP contribution is 2.29. The molecule has 156 valence electrons. The van der Waals surface area contributed by atoms with Crippen molar-refractivity contribution in [3.8, 4) is 0 Å².